The van der Waals surface area contributed by atoms with Gasteiger partial charge in [0.1, 0.15) is 10.7 Å². The van der Waals surface area contributed by atoms with Crippen molar-refractivity contribution >= 4 is 15.5 Å². The van der Waals surface area contributed by atoms with E-state index in [9.17, 15) is 12.8 Å². The fraction of sp³-hybridized carbons (Fsp3) is 0.278. The predicted molar refractivity (Wildman–Crippen MR) is 93.1 cm³/mol. The molecule has 3 rings (SSSR count). The second kappa shape index (κ2) is 6.84. The normalized spacial score (nSPS) is 13.8. The van der Waals surface area contributed by atoms with Gasteiger partial charge in [-0.25, -0.2) is 12.8 Å². The molecule has 1 aliphatic heterocycles. The Morgan fingerprint density at radius 1 is 1.12 bits per heavy atom. The third-order valence-corrected chi connectivity index (χ3v) is 5.76. The van der Waals surface area contributed by atoms with E-state index in [4.69, 9.17) is 9.47 Å². The summed E-state index contributed by atoms with van der Waals surface area (Å²) in [5.41, 5.74) is 2.04. The number of halogens is 1. The van der Waals surface area contributed by atoms with Gasteiger partial charge in [0.2, 0.25) is 0 Å². The fourth-order valence-corrected chi connectivity index (χ4v) is 4.28. The summed E-state index contributed by atoms with van der Waals surface area (Å²) in [5, 5.41) is 0. The van der Waals surface area contributed by atoms with Crippen molar-refractivity contribution < 1.29 is 22.3 Å². The van der Waals surface area contributed by atoms with E-state index in [2.05, 4.69) is 4.99 Å². The van der Waals surface area contributed by atoms with Gasteiger partial charge >= 0.3 is 0 Å². The summed E-state index contributed by atoms with van der Waals surface area (Å²) in [6.45, 7) is 0.477. The Morgan fingerprint density at radius 2 is 1.80 bits per heavy atom. The van der Waals surface area contributed by atoms with Gasteiger partial charge in [0.25, 0.3) is 0 Å². The van der Waals surface area contributed by atoms with Crippen molar-refractivity contribution in [1.82, 2.24) is 0 Å². The molecule has 0 saturated heterocycles. The number of benzene rings is 2. The zero-order valence-corrected chi connectivity index (χ0v) is 14.8. The number of aliphatic imine (C=N–C) groups is 1. The number of nitrogens with zero attached hydrogens (tertiary/aromatic N) is 1. The van der Waals surface area contributed by atoms with Gasteiger partial charge in [-0.2, -0.15) is 0 Å². The van der Waals surface area contributed by atoms with Gasteiger partial charge in [-0.3, -0.25) is 4.99 Å². The highest BCUT2D eigenvalue weighted by atomic mass is 32.2. The quantitative estimate of drug-likeness (QED) is 0.819. The molecule has 0 unspecified atom stereocenters. The Morgan fingerprint density at radius 3 is 2.48 bits per heavy atom. The lowest BCUT2D eigenvalue weighted by Gasteiger charge is -2.20. The summed E-state index contributed by atoms with van der Waals surface area (Å²) in [5.74, 6) is -0.0406. The molecular formula is C18H18FNO4S. The van der Waals surface area contributed by atoms with Crippen LogP contribution in [0.5, 0.6) is 11.5 Å². The van der Waals surface area contributed by atoms with Crippen LogP contribution < -0.4 is 9.47 Å². The van der Waals surface area contributed by atoms with Gasteiger partial charge in [0, 0.05) is 12.1 Å². The van der Waals surface area contributed by atoms with Crippen molar-refractivity contribution in [2.24, 2.45) is 4.99 Å². The first-order chi connectivity index (χ1) is 12.0. The molecule has 5 nitrogen and oxygen atoms in total. The van der Waals surface area contributed by atoms with Crippen molar-refractivity contribution in [2.75, 3.05) is 26.5 Å². The Hall–Kier alpha value is -2.41. The number of hydrogen-bond donors (Lipinski definition) is 0. The van der Waals surface area contributed by atoms with Crippen LogP contribution in [0.2, 0.25) is 0 Å². The predicted octanol–water partition coefficient (Wildman–Crippen LogP) is 2.66. The maximum atomic E-state index is 13.9. The first kappa shape index (κ1) is 17.4. The number of methoxy groups -OCH3 is 2. The highest BCUT2D eigenvalue weighted by Crippen LogP contribution is 2.33. The van der Waals surface area contributed by atoms with Gasteiger partial charge in [0.05, 0.1) is 25.7 Å². The number of ether oxygens (including phenoxy) is 2. The highest BCUT2D eigenvalue weighted by Gasteiger charge is 2.26. The Kier molecular flexibility index (Phi) is 4.76. The fourth-order valence-electron chi connectivity index (χ4n) is 2.87. The summed E-state index contributed by atoms with van der Waals surface area (Å²) in [7, 11) is -0.786. The molecule has 0 amide bonds. The van der Waals surface area contributed by atoms with E-state index >= 15 is 0 Å². The molecule has 2 aromatic rings. The molecule has 132 valence electrons. The van der Waals surface area contributed by atoms with Gasteiger partial charge in [-0.05, 0) is 36.2 Å². The number of fused-ring (bicyclic) bond motifs is 1. The third kappa shape index (κ3) is 3.37. The molecule has 2 aromatic carbocycles. The minimum atomic E-state index is -3.85. The Balaban J connectivity index is 2.01. The molecule has 0 aliphatic carbocycles. The number of hydrogen-bond acceptors (Lipinski definition) is 5. The van der Waals surface area contributed by atoms with E-state index in [1.54, 1.807) is 13.2 Å². The molecule has 7 heteroatoms. The lowest BCUT2D eigenvalue weighted by molar-refractivity contribution is 0.354. The second-order valence-corrected chi connectivity index (χ2v) is 7.59. The maximum Gasteiger partial charge on any atom is 0.186 e. The van der Waals surface area contributed by atoms with Crippen molar-refractivity contribution in [3.63, 3.8) is 0 Å². The van der Waals surface area contributed by atoms with E-state index < -0.39 is 15.7 Å². The summed E-state index contributed by atoms with van der Waals surface area (Å²) < 4.78 is 49.7. The molecule has 25 heavy (non-hydrogen) atoms. The SMILES string of the molecule is COc1cc2c(cc1OC)C(CS(=O)(=O)c1ccccc1F)=NCC2. The van der Waals surface area contributed by atoms with Gasteiger partial charge < -0.3 is 9.47 Å². The van der Waals surface area contributed by atoms with Crippen LogP contribution in [0.15, 0.2) is 46.3 Å². The monoisotopic (exact) mass is 363 g/mol. The van der Waals surface area contributed by atoms with Crippen LogP contribution >= 0.6 is 0 Å². The van der Waals surface area contributed by atoms with Crippen LogP contribution in [0.4, 0.5) is 4.39 Å². The Bertz CT molecular complexity index is 938. The Labute approximate surface area is 146 Å². The van der Waals surface area contributed by atoms with Crippen molar-refractivity contribution in [3.8, 4) is 11.5 Å². The minimum absolute atomic E-state index is 0.315. The molecule has 0 bridgehead atoms. The topological polar surface area (TPSA) is 65.0 Å². The third-order valence-electron chi connectivity index (χ3n) is 4.10. The lowest BCUT2D eigenvalue weighted by Crippen LogP contribution is -2.23. The summed E-state index contributed by atoms with van der Waals surface area (Å²) in [4.78, 5) is 4.05. The van der Waals surface area contributed by atoms with Crippen LogP contribution in [0.1, 0.15) is 11.1 Å². The van der Waals surface area contributed by atoms with Crippen LogP contribution in [-0.4, -0.2) is 40.6 Å². The zero-order chi connectivity index (χ0) is 18.0. The standard InChI is InChI=1S/C18H18FNO4S/c1-23-16-9-12-7-8-20-15(13(12)10-17(16)24-2)11-25(21,22)18-6-4-3-5-14(18)19/h3-6,9-10H,7-8,11H2,1-2H3. The van der Waals surface area contributed by atoms with Gasteiger partial charge in [-0.1, -0.05) is 12.1 Å². The molecule has 0 fully saturated rings. The van der Waals surface area contributed by atoms with E-state index in [1.807, 2.05) is 6.07 Å². The maximum absolute atomic E-state index is 13.9. The molecule has 0 aromatic heterocycles. The van der Waals surface area contributed by atoms with Crippen LogP contribution in [0.3, 0.4) is 0 Å². The molecule has 0 atom stereocenters. The first-order valence-electron chi connectivity index (χ1n) is 7.72. The molecular weight excluding hydrogens is 345 g/mol. The van der Waals surface area contributed by atoms with Crippen LogP contribution in [-0.2, 0) is 16.3 Å². The van der Waals surface area contributed by atoms with Crippen molar-refractivity contribution in [3.05, 3.63) is 53.3 Å². The largest absolute Gasteiger partial charge is 0.493 e. The van der Waals surface area contributed by atoms with E-state index in [1.165, 1.54) is 25.3 Å². The second-order valence-electron chi connectivity index (χ2n) is 5.63. The lowest BCUT2D eigenvalue weighted by atomic mass is 9.97. The average molecular weight is 363 g/mol. The number of sulfone groups is 1. The molecule has 0 radical (unpaired) electrons. The van der Waals surface area contributed by atoms with Crippen LogP contribution in [0.25, 0.3) is 0 Å². The minimum Gasteiger partial charge on any atom is -0.493 e. The van der Waals surface area contributed by atoms with Crippen LogP contribution in [0, 0.1) is 5.82 Å². The van der Waals surface area contributed by atoms with Gasteiger partial charge in [-0.15, -0.1) is 0 Å². The van der Waals surface area contributed by atoms with E-state index in [-0.39, 0.29) is 10.6 Å². The smallest absolute Gasteiger partial charge is 0.186 e. The van der Waals surface area contributed by atoms with Crippen molar-refractivity contribution in [2.45, 2.75) is 11.3 Å². The zero-order valence-electron chi connectivity index (χ0n) is 14.0. The summed E-state index contributed by atoms with van der Waals surface area (Å²) >= 11 is 0. The molecule has 0 N–H and O–H groups in total. The molecule has 1 heterocycles. The van der Waals surface area contributed by atoms with E-state index in [0.717, 1.165) is 11.6 Å². The van der Waals surface area contributed by atoms with Gasteiger partial charge in [0.15, 0.2) is 21.3 Å². The van der Waals surface area contributed by atoms with E-state index in [0.29, 0.717) is 35.7 Å². The number of rotatable bonds is 5. The molecule has 0 saturated carbocycles. The summed E-state index contributed by atoms with van der Waals surface area (Å²) in [6, 6.07) is 8.92. The van der Waals surface area contributed by atoms with Crippen molar-refractivity contribution in [1.29, 1.82) is 0 Å². The molecule has 0 spiro atoms. The highest BCUT2D eigenvalue weighted by molar-refractivity contribution is 7.92. The average Bonchev–Trinajstić information content (AvgIpc) is 2.60. The first-order valence-corrected chi connectivity index (χ1v) is 9.37. The summed E-state index contributed by atoms with van der Waals surface area (Å²) in [6.07, 6.45) is 0.679. The molecule has 1 aliphatic rings.